The van der Waals surface area contributed by atoms with Crippen LogP contribution < -0.4 is 19.1 Å². The molecule has 222 valence electrons. The number of unbranched alkanes of at least 4 members (excludes halogenated alkanes) is 1. The molecule has 11 heteroatoms. The minimum Gasteiger partial charge on any atom is -0.487 e. The average molecular weight is 596 g/mol. The molecule has 1 atom stereocenters. The van der Waals surface area contributed by atoms with Gasteiger partial charge in [0.15, 0.2) is 5.82 Å². The highest BCUT2D eigenvalue weighted by Crippen LogP contribution is 2.42. The summed E-state index contributed by atoms with van der Waals surface area (Å²) in [5.41, 5.74) is 2.78. The van der Waals surface area contributed by atoms with Crippen molar-refractivity contribution in [3.63, 3.8) is 0 Å². The predicted molar refractivity (Wildman–Crippen MR) is 156 cm³/mol. The Balaban J connectivity index is 1.20. The molecule has 42 heavy (non-hydrogen) atoms. The maximum atomic E-state index is 16.2. The molecule has 1 fully saturated rings. The highest BCUT2D eigenvalue weighted by molar-refractivity contribution is 7.92. The predicted octanol–water partition coefficient (Wildman–Crippen LogP) is 4.79. The quantitative estimate of drug-likeness (QED) is 0.308. The van der Waals surface area contributed by atoms with E-state index < -0.39 is 34.6 Å². The Morgan fingerprint density at radius 3 is 2.38 bits per heavy atom. The number of amides is 2. The number of nitrogens with one attached hydrogen (secondary N) is 2. The number of hydrogen-bond acceptors (Lipinski definition) is 6. The number of alkyl carbamates (subject to hydrolysis) is 1. The third-order valence-corrected chi connectivity index (χ3v) is 8.92. The minimum absolute atomic E-state index is 0.0962. The molecule has 1 saturated heterocycles. The van der Waals surface area contributed by atoms with E-state index in [1.165, 1.54) is 0 Å². The first-order valence-corrected chi connectivity index (χ1v) is 15.5. The summed E-state index contributed by atoms with van der Waals surface area (Å²) in [6.45, 7) is 0.302. The van der Waals surface area contributed by atoms with Crippen LogP contribution in [0.2, 0.25) is 0 Å². The van der Waals surface area contributed by atoms with Gasteiger partial charge in [-0.2, -0.15) is 8.42 Å². The lowest BCUT2D eigenvalue weighted by atomic mass is 9.80. The second kappa shape index (κ2) is 13.2. The SMILES string of the molecule is O=C1CN(c2c(OCc3ccccc3)cc3c(c2F)C[C@H](CCCCNC(=O)OCc2ccccc2)CC3)S(=O)(=O)N1. The molecular formula is C31H34FN3O6S. The molecule has 1 heterocycles. The number of fused-ring (bicyclic) bond motifs is 1. The monoisotopic (exact) mass is 595 g/mol. The third kappa shape index (κ3) is 7.20. The van der Waals surface area contributed by atoms with Gasteiger partial charge in [-0.3, -0.25) is 4.79 Å². The zero-order valence-electron chi connectivity index (χ0n) is 23.2. The van der Waals surface area contributed by atoms with E-state index in [2.05, 4.69) is 5.32 Å². The largest absolute Gasteiger partial charge is 0.487 e. The van der Waals surface area contributed by atoms with Crippen molar-refractivity contribution in [2.45, 2.75) is 51.7 Å². The molecule has 2 amide bonds. The molecule has 0 bridgehead atoms. The molecule has 1 aliphatic heterocycles. The van der Waals surface area contributed by atoms with Crippen molar-refractivity contribution in [3.8, 4) is 5.75 Å². The van der Waals surface area contributed by atoms with E-state index in [1.807, 2.05) is 65.4 Å². The van der Waals surface area contributed by atoms with E-state index in [9.17, 15) is 18.0 Å². The van der Waals surface area contributed by atoms with Crippen LogP contribution in [0.15, 0.2) is 66.7 Å². The smallest absolute Gasteiger partial charge is 0.407 e. The number of rotatable bonds is 11. The van der Waals surface area contributed by atoms with Crippen molar-refractivity contribution in [2.75, 3.05) is 17.4 Å². The first-order chi connectivity index (χ1) is 20.3. The number of ether oxygens (including phenoxy) is 2. The summed E-state index contributed by atoms with van der Waals surface area (Å²) in [6.07, 6.45) is 3.91. The van der Waals surface area contributed by atoms with Crippen LogP contribution in [0.4, 0.5) is 14.9 Å². The number of hydrogen-bond donors (Lipinski definition) is 2. The molecule has 0 saturated carbocycles. The molecule has 2 aliphatic rings. The molecule has 0 unspecified atom stereocenters. The number of nitrogens with zero attached hydrogens (tertiary/aromatic N) is 1. The van der Waals surface area contributed by atoms with Gasteiger partial charge in [-0.25, -0.2) is 18.2 Å². The Labute approximate surface area is 245 Å². The van der Waals surface area contributed by atoms with E-state index in [4.69, 9.17) is 9.47 Å². The maximum absolute atomic E-state index is 16.2. The fourth-order valence-corrected chi connectivity index (χ4v) is 6.55. The van der Waals surface area contributed by atoms with Gasteiger partial charge in [-0.05, 0) is 59.9 Å². The Bertz CT molecular complexity index is 1520. The highest BCUT2D eigenvalue weighted by Gasteiger charge is 2.39. The van der Waals surface area contributed by atoms with Gasteiger partial charge in [0.05, 0.1) is 0 Å². The lowest BCUT2D eigenvalue weighted by Gasteiger charge is -2.29. The minimum atomic E-state index is -4.24. The van der Waals surface area contributed by atoms with Gasteiger partial charge in [-0.15, -0.1) is 0 Å². The van der Waals surface area contributed by atoms with Gasteiger partial charge >= 0.3 is 16.3 Å². The standard InChI is InChI=1S/C31H34FN3O6S/c32-29-26-17-22(9-7-8-16-33-31(37)41-21-24-12-5-2-6-13-24)14-15-25(26)18-27(40-20-23-10-3-1-4-11-23)30(29)35-19-28(36)34-42(35,38)39/h1-6,10-13,18,22H,7-9,14-17,19-21H2,(H,33,37)(H,34,36)/t22-/m1/s1. The second-order valence-corrected chi connectivity index (χ2v) is 12.2. The summed E-state index contributed by atoms with van der Waals surface area (Å²) in [6, 6.07) is 20.5. The fourth-order valence-electron chi connectivity index (χ4n) is 5.39. The van der Waals surface area contributed by atoms with E-state index in [0.29, 0.717) is 24.9 Å². The van der Waals surface area contributed by atoms with Crippen molar-refractivity contribution in [1.82, 2.24) is 10.0 Å². The molecule has 1 aliphatic carbocycles. The average Bonchev–Trinajstić information content (AvgIpc) is 3.27. The molecule has 9 nitrogen and oxygen atoms in total. The van der Waals surface area contributed by atoms with Crippen LogP contribution in [-0.4, -0.2) is 33.5 Å². The molecule has 0 aromatic heterocycles. The van der Waals surface area contributed by atoms with Crippen molar-refractivity contribution < 1.29 is 31.9 Å². The number of aryl methyl sites for hydroxylation is 1. The summed E-state index contributed by atoms with van der Waals surface area (Å²) < 4.78 is 55.4. The number of anilines is 1. The summed E-state index contributed by atoms with van der Waals surface area (Å²) in [5.74, 6) is -1.09. The highest BCUT2D eigenvalue weighted by atomic mass is 32.2. The van der Waals surface area contributed by atoms with E-state index in [1.54, 1.807) is 6.07 Å². The summed E-state index contributed by atoms with van der Waals surface area (Å²) in [4.78, 5) is 23.9. The van der Waals surface area contributed by atoms with Gasteiger partial charge in [0.2, 0.25) is 0 Å². The molecule has 3 aromatic rings. The van der Waals surface area contributed by atoms with Crippen molar-refractivity contribution in [2.24, 2.45) is 5.92 Å². The lowest BCUT2D eigenvalue weighted by molar-refractivity contribution is -0.117. The van der Waals surface area contributed by atoms with Crippen LogP contribution in [0.5, 0.6) is 5.75 Å². The molecule has 0 spiro atoms. The Kier molecular flexibility index (Phi) is 9.26. The van der Waals surface area contributed by atoms with Gasteiger partial charge in [-0.1, -0.05) is 73.5 Å². The zero-order valence-corrected chi connectivity index (χ0v) is 24.0. The molecule has 5 rings (SSSR count). The maximum Gasteiger partial charge on any atom is 0.407 e. The first kappa shape index (κ1) is 29.4. The van der Waals surface area contributed by atoms with Crippen molar-refractivity contribution in [1.29, 1.82) is 0 Å². The Morgan fingerprint density at radius 1 is 1.02 bits per heavy atom. The third-order valence-electron chi connectivity index (χ3n) is 7.54. The van der Waals surface area contributed by atoms with Crippen LogP contribution in [0.1, 0.15) is 47.9 Å². The lowest BCUT2D eigenvalue weighted by Crippen LogP contribution is -2.31. The zero-order chi connectivity index (χ0) is 29.5. The first-order valence-electron chi connectivity index (χ1n) is 14.1. The van der Waals surface area contributed by atoms with Crippen molar-refractivity contribution >= 4 is 27.9 Å². The van der Waals surface area contributed by atoms with E-state index >= 15 is 4.39 Å². The second-order valence-electron chi connectivity index (χ2n) is 10.6. The van der Waals surface area contributed by atoms with E-state index in [0.717, 1.165) is 46.7 Å². The number of carbonyl (C=O) groups is 2. The number of halogens is 1. The van der Waals surface area contributed by atoms with Crippen LogP contribution >= 0.6 is 0 Å². The molecular weight excluding hydrogens is 561 g/mol. The Hall–Kier alpha value is -4.12. The molecule has 0 radical (unpaired) electrons. The summed E-state index contributed by atoms with van der Waals surface area (Å²) >= 11 is 0. The van der Waals surface area contributed by atoms with Crippen LogP contribution in [0, 0.1) is 11.7 Å². The van der Waals surface area contributed by atoms with Crippen LogP contribution in [0.3, 0.4) is 0 Å². The van der Waals surface area contributed by atoms with Crippen LogP contribution in [0.25, 0.3) is 0 Å². The summed E-state index contributed by atoms with van der Waals surface area (Å²) in [7, 11) is -4.24. The van der Waals surface area contributed by atoms with Gasteiger partial charge < -0.3 is 14.8 Å². The molecule has 3 aromatic carbocycles. The normalized spacial score (nSPS) is 17.3. The summed E-state index contributed by atoms with van der Waals surface area (Å²) in [5, 5.41) is 2.76. The van der Waals surface area contributed by atoms with Gasteiger partial charge in [0, 0.05) is 6.54 Å². The number of benzene rings is 3. The van der Waals surface area contributed by atoms with Gasteiger partial charge in [0.25, 0.3) is 5.91 Å². The Morgan fingerprint density at radius 2 is 1.71 bits per heavy atom. The topological polar surface area (TPSA) is 114 Å². The number of carbonyl (C=O) groups excluding carboxylic acids is 2. The van der Waals surface area contributed by atoms with Gasteiger partial charge in [0.1, 0.15) is 31.2 Å². The van der Waals surface area contributed by atoms with Crippen molar-refractivity contribution in [3.05, 3.63) is 94.8 Å². The van der Waals surface area contributed by atoms with Crippen LogP contribution in [-0.2, 0) is 45.8 Å². The van der Waals surface area contributed by atoms with E-state index in [-0.39, 0.29) is 30.6 Å². The molecule has 2 N–H and O–H groups in total. The fraction of sp³-hybridized carbons (Fsp3) is 0.355.